The molecular formula is C63H36F27O4S3Sb. The first-order chi connectivity index (χ1) is 45.0. The molecule has 0 aliphatic heterocycles. The molecule has 98 heavy (non-hydrogen) atoms. The number of alkyl halides is 27. The van der Waals surface area contributed by atoms with Crippen molar-refractivity contribution in [2.24, 2.45) is 0 Å². The summed E-state index contributed by atoms with van der Waals surface area (Å²) in [5, 5.41) is 0. The molecule has 0 fully saturated rings. The molecule has 0 amide bonds. The third-order valence-electron chi connectivity index (χ3n) is 14.2. The summed E-state index contributed by atoms with van der Waals surface area (Å²) in [6.07, 6.45) is -49.2. The molecule has 0 bridgehead atoms. The molecule has 524 valence electrons. The van der Waals surface area contributed by atoms with E-state index in [-0.39, 0.29) is 91.0 Å². The Bertz CT molecular complexity index is 3740. The Labute approximate surface area is 545 Å². The Hall–Kier alpha value is -7.36. The first kappa shape index (κ1) is 74.9. The average Bonchev–Trinajstić information content (AvgIpc) is 0.713. The van der Waals surface area contributed by atoms with Crippen LogP contribution in [0.5, 0.6) is 0 Å². The second kappa shape index (κ2) is 26.3. The quantitative estimate of drug-likeness (QED) is 0.0758. The van der Waals surface area contributed by atoms with Crippen LogP contribution in [0.3, 0.4) is 0 Å². The predicted molar refractivity (Wildman–Crippen MR) is 300 cm³/mol. The van der Waals surface area contributed by atoms with Gasteiger partial charge in [0.1, 0.15) is 0 Å². The Morgan fingerprint density at radius 1 is 0.194 bits per heavy atom. The Kier molecular flexibility index (Phi) is 20.1. The van der Waals surface area contributed by atoms with Crippen molar-refractivity contribution in [1.29, 1.82) is 0 Å². The third-order valence-corrected chi connectivity index (χ3v) is 34.2. The van der Waals surface area contributed by atoms with Gasteiger partial charge in [0, 0.05) is 0 Å². The van der Waals surface area contributed by atoms with Crippen LogP contribution >= 0.6 is 30.9 Å². The van der Waals surface area contributed by atoms with Gasteiger partial charge in [0.15, 0.2) is 0 Å². The van der Waals surface area contributed by atoms with Gasteiger partial charge in [0.2, 0.25) is 0 Å². The standard InChI is InChI=1S/3C21H13F9OS.O.Sb/c3*22-19(23,24)13-4-8-16(9-5-13)32(31,17-10-6-14(7-11-17)20(25,26)27)18-3-1-2-15(12-18)21(28,29)30;;/h3*1-12,31H;;/q;;;;+3/p-3. The molecule has 0 radical (unpaired) electrons. The molecular weight excluding hydrogens is 1550 g/mol. The second-order valence-electron chi connectivity index (χ2n) is 20.5. The van der Waals surface area contributed by atoms with E-state index in [0.29, 0.717) is 127 Å². The van der Waals surface area contributed by atoms with Crippen molar-refractivity contribution in [3.63, 3.8) is 0 Å². The van der Waals surface area contributed by atoms with Crippen molar-refractivity contribution in [1.82, 2.24) is 0 Å². The summed E-state index contributed by atoms with van der Waals surface area (Å²) in [4.78, 5) is -10.0. The first-order valence-corrected chi connectivity index (χ1v) is 35.7. The molecule has 0 spiro atoms. The van der Waals surface area contributed by atoms with Crippen LogP contribution in [0.4, 0.5) is 119 Å². The average molecular weight is 1590 g/mol. The maximum atomic E-state index is 18.4. The van der Waals surface area contributed by atoms with Crippen LogP contribution in [0, 0.1) is 0 Å². The van der Waals surface area contributed by atoms with E-state index in [4.69, 9.17) is 7.38 Å². The van der Waals surface area contributed by atoms with Crippen molar-refractivity contribution in [2.45, 2.75) is 99.6 Å². The second-order valence-corrected chi connectivity index (χ2v) is 35.0. The molecule has 0 aliphatic carbocycles. The van der Waals surface area contributed by atoms with E-state index in [2.05, 4.69) is 0 Å². The predicted octanol–water partition coefficient (Wildman–Crippen LogP) is 24.8. The molecule has 0 saturated carbocycles. The van der Waals surface area contributed by atoms with Crippen molar-refractivity contribution >= 4 is 51.0 Å². The minimum atomic E-state index is -9.29. The van der Waals surface area contributed by atoms with E-state index >= 15 is 42.5 Å². The van der Waals surface area contributed by atoms with Gasteiger partial charge in [-0.1, -0.05) is 0 Å². The molecule has 35 heteroatoms. The molecule has 0 saturated heterocycles. The van der Waals surface area contributed by atoms with E-state index in [1.165, 1.54) is 0 Å². The van der Waals surface area contributed by atoms with Crippen LogP contribution in [0.15, 0.2) is 262 Å². The number of rotatable bonds is 15. The van der Waals surface area contributed by atoms with E-state index in [0.717, 1.165) is 0 Å². The number of hydrogen-bond acceptors (Lipinski definition) is 4. The van der Waals surface area contributed by atoms with Gasteiger partial charge in [-0.05, 0) is 0 Å². The fraction of sp³-hybridized carbons (Fsp3) is 0.143. The SMILES string of the molecule is [O]=[Sb]([O]S(c1ccc(C(F)(F)F)cc1)(c1ccc(C(F)(F)F)cc1)c1cccc(C(F)(F)F)c1)([O]S(c1ccc(C(F)(F)F)cc1)(c1ccc(C(F)(F)F)cc1)c1cccc(C(F)(F)F)c1)[O]S(c1ccc(C(F)(F)F)cc1)(c1ccc(C(F)(F)F)cc1)c1cccc(C(F)(F)F)c1. The summed E-state index contributed by atoms with van der Waals surface area (Å²) in [5.74, 6) is 0. The van der Waals surface area contributed by atoms with Crippen molar-refractivity contribution in [3.8, 4) is 0 Å². The van der Waals surface area contributed by atoms with Gasteiger partial charge in [0.05, 0.1) is 0 Å². The Morgan fingerprint density at radius 3 is 0.469 bits per heavy atom. The van der Waals surface area contributed by atoms with Crippen molar-refractivity contribution in [2.75, 3.05) is 0 Å². The topological polar surface area (TPSA) is 44.8 Å². The number of benzene rings is 9. The summed E-state index contributed by atoms with van der Waals surface area (Å²) in [7, 11) is -16.3. The molecule has 9 aromatic carbocycles. The maximum absolute atomic E-state index is 18.4. The summed E-state index contributed by atoms with van der Waals surface area (Å²) < 4.78 is 440. The summed E-state index contributed by atoms with van der Waals surface area (Å²) in [6.45, 7) is 0. The summed E-state index contributed by atoms with van der Waals surface area (Å²) in [6, 6.07) is 10.3. The minimum absolute atomic E-state index is 0.0760. The molecule has 0 aliphatic rings. The summed E-state index contributed by atoms with van der Waals surface area (Å²) >= 11 is -9.29. The zero-order valence-corrected chi connectivity index (χ0v) is 52.8. The van der Waals surface area contributed by atoms with Crippen molar-refractivity contribution < 1.29 is 129 Å². The zero-order valence-electron chi connectivity index (χ0n) is 47.8. The number of hydrogen-bond donors (Lipinski definition) is 0. The van der Waals surface area contributed by atoms with Crippen LogP contribution in [0.25, 0.3) is 0 Å². The van der Waals surface area contributed by atoms with E-state index in [1.54, 1.807) is 0 Å². The number of halogens is 27. The van der Waals surface area contributed by atoms with Gasteiger partial charge in [-0.25, -0.2) is 0 Å². The molecule has 0 unspecified atom stereocenters. The van der Waals surface area contributed by atoms with E-state index < -0.39 is 201 Å². The van der Waals surface area contributed by atoms with Crippen molar-refractivity contribution in [3.05, 3.63) is 268 Å². The van der Waals surface area contributed by atoms with Gasteiger partial charge in [0.25, 0.3) is 0 Å². The molecule has 0 N–H and O–H groups in total. The van der Waals surface area contributed by atoms with Gasteiger partial charge >= 0.3 is 548 Å². The van der Waals surface area contributed by atoms with Gasteiger partial charge in [-0.2, -0.15) is 0 Å². The van der Waals surface area contributed by atoms with Gasteiger partial charge in [-0.3, -0.25) is 0 Å². The van der Waals surface area contributed by atoms with Crippen LogP contribution in [-0.4, -0.2) is 20.1 Å². The Balaban J connectivity index is 1.59. The van der Waals surface area contributed by atoms with E-state index in [9.17, 15) is 79.0 Å². The fourth-order valence-electron chi connectivity index (χ4n) is 9.63. The van der Waals surface area contributed by atoms with Crippen LogP contribution in [-0.2, 0) is 66.0 Å². The van der Waals surface area contributed by atoms with Crippen LogP contribution < -0.4 is 0 Å². The molecule has 0 atom stereocenters. The first-order valence-electron chi connectivity index (χ1n) is 26.8. The van der Waals surface area contributed by atoms with Crippen LogP contribution in [0.2, 0.25) is 0 Å². The van der Waals surface area contributed by atoms with E-state index in [1.807, 2.05) is 0 Å². The Morgan fingerprint density at radius 2 is 0.337 bits per heavy atom. The van der Waals surface area contributed by atoms with Gasteiger partial charge < -0.3 is 0 Å². The molecule has 9 aromatic rings. The third kappa shape index (κ3) is 15.6. The van der Waals surface area contributed by atoms with Gasteiger partial charge in [-0.15, -0.1) is 0 Å². The molecule has 0 heterocycles. The van der Waals surface area contributed by atoms with Crippen LogP contribution in [0.1, 0.15) is 50.1 Å². The molecule has 4 nitrogen and oxygen atoms in total. The normalized spacial score (nSPS) is 14.3. The molecule has 0 aromatic heterocycles. The zero-order chi connectivity index (χ0) is 72.5. The summed E-state index contributed by atoms with van der Waals surface area (Å²) in [5.41, 5.74) is -15.4. The fourth-order valence-corrected chi connectivity index (χ4v) is 34.4. The molecule has 9 rings (SSSR count). The monoisotopic (exact) mass is 1590 g/mol.